The molecule has 0 aliphatic carbocycles. The van der Waals surface area contributed by atoms with Crippen molar-refractivity contribution in [2.45, 2.75) is 6.92 Å². The first kappa shape index (κ1) is 19.8. The molecule has 0 aliphatic heterocycles. The van der Waals surface area contributed by atoms with Gasteiger partial charge in [-0.15, -0.1) is 0 Å². The molecule has 4 rings (SSSR count). The molecule has 6 nitrogen and oxygen atoms in total. The summed E-state index contributed by atoms with van der Waals surface area (Å²) in [6.45, 7) is 1.93. The zero-order valence-electron chi connectivity index (χ0n) is 16.3. The third-order valence-corrected chi connectivity index (χ3v) is 5.50. The molecule has 30 heavy (non-hydrogen) atoms. The van der Waals surface area contributed by atoms with E-state index in [1.165, 1.54) is 6.07 Å². The minimum atomic E-state index is -0.386. The summed E-state index contributed by atoms with van der Waals surface area (Å²) in [7, 11) is 1.61. The molecule has 0 saturated carbocycles. The zero-order chi connectivity index (χ0) is 21.3. The van der Waals surface area contributed by atoms with Crippen molar-refractivity contribution in [3.05, 3.63) is 86.9 Å². The second-order valence-electron chi connectivity index (χ2n) is 6.78. The van der Waals surface area contributed by atoms with Crippen molar-refractivity contribution in [3.63, 3.8) is 0 Å². The number of nitro groups is 1. The first-order chi connectivity index (χ1) is 14.5. The Hall–Kier alpha value is -3.45. The number of nitrogens with zero attached hydrogens (tertiary/aromatic N) is 2. The SMILES string of the molecule is COc1ccc(-c2nc(-c3ccccc3)c(-c3cc([N+](=O)[O-])ccc3C)[nH]2)cc1Br. The van der Waals surface area contributed by atoms with Gasteiger partial charge in [-0.2, -0.15) is 0 Å². The van der Waals surface area contributed by atoms with E-state index in [4.69, 9.17) is 9.72 Å². The van der Waals surface area contributed by atoms with E-state index in [1.54, 1.807) is 19.2 Å². The van der Waals surface area contributed by atoms with Crippen molar-refractivity contribution >= 4 is 21.6 Å². The van der Waals surface area contributed by atoms with Crippen LogP contribution in [0.4, 0.5) is 5.69 Å². The Morgan fingerprint density at radius 2 is 1.80 bits per heavy atom. The molecule has 0 saturated heterocycles. The summed E-state index contributed by atoms with van der Waals surface area (Å²) in [5.74, 6) is 1.39. The van der Waals surface area contributed by atoms with Crippen LogP contribution in [-0.2, 0) is 0 Å². The summed E-state index contributed by atoms with van der Waals surface area (Å²) >= 11 is 3.52. The van der Waals surface area contributed by atoms with Gasteiger partial charge in [0.1, 0.15) is 11.6 Å². The summed E-state index contributed by atoms with van der Waals surface area (Å²) in [5.41, 5.74) is 4.98. The van der Waals surface area contributed by atoms with Gasteiger partial charge in [-0.25, -0.2) is 4.98 Å². The van der Waals surface area contributed by atoms with Gasteiger partial charge in [-0.3, -0.25) is 10.1 Å². The monoisotopic (exact) mass is 463 g/mol. The van der Waals surface area contributed by atoms with Crippen molar-refractivity contribution in [2.75, 3.05) is 7.11 Å². The molecule has 0 amide bonds. The lowest BCUT2D eigenvalue weighted by Gasteiger charge is -2.07. The number of halogens is 1. The summed E-state index contributed by atoms with van der Waals surface area (Å²) < 4.78 is 6.13. The molecule has 1 heterocycles. The quantitative estimate of drug-likeness (QED) is 0.274. The van der Waals surface area contributed by atoms with Crippen LogP contribution in [-0.4, -0.2) is 22.0 Å². The fourth-order valence-electron chi connectivity index (χ4n) is 3.32. The smallest absolute Gasteiger partial charge is 0.270 e. The van der Waals surface area contributed by atoms with Gasteiger partial charge in [0.05, 0.1) is 27.9 Å². The van der Waals surface area contributed by atoms with E-state index < -0.39 is 0 Å². The largest absolute Gasteiger partial charge is 0.496 e. The van der Waals surface area contributed by atoms with Crippen LogP contribution in [0.15, 0.2) is 71.2 Å². The number of hydrogen-bond donors (Lipinski definition) is 1. The zero-order valence-corrected chi connectivity index (χ0v) is 17.9. The topological polar surface area (TPSA) is 81.1 Å². The molecule has 1 N–H and O–H groups in total. The van der Waals surface area contributed by atoms with Crippen LogP contribution < -0.4 is 4.74 Å². The lowest BCUT2D eigenvalue weighted by atomic mass is 10.0. The van der Waals surface area contributed by atoms with Gasteiger partial charge >= 0.3 is 0 Å². The van der Waals surface area contributed by atoms with Crippen LogP contribution in [0.5, 0.6) is 5.75 Å². The first-order valence-corrected chi connectivity index (χ1v) is 10.0. The third-order valence-electron chi connectivity index (χ3n) is 4.88. The Labute approximate surface area is 181 Å². The fourth-order valence-corrected chi connectivity index (χ4v) is 3.86. The van der Waals surface area contributed by atoms with E-state index in [0.29, 0.717) is 5.82 Å². The molecular weight excluding hydrogens is 446 g/mol. The van der Waals surface area contributed by atoms with Gasteiger partial charge < -0.3 is 9.72 Å². The molecule has 0 radical (unpaired) electrons. The molecule has 0 atom stereocenters. The molecule has 3 aromatic carbocycles. The van der Waals surface area contributed by atoms with Crippen LogP contribution >= 0.6 is 15.9 Å². The number of ether oxygens (including phenoxy) is 1. The van der Waals surface area contributed by atoms with Gasteiger partial charge in [0.15, 0.2) is 0 Å². The highest BCUT2D eigenvalue weighted by Crippen LogP contribution is 2.37. The molecule has 0 aliphatic rings. The maximum absolute atomic E-state index is 11.3. The Morgan fingerprint density at radius 3 is 2.47 bits per heavy atom. The van der Waals surface area contributed by atoms with Crippen molar-refractivity contribution in [2.24, 2.45) is 0 Å². The third kappa shape index (κ3) is 3.71. The Kier molecular flexibility index (Phi) is 5.37. The Morgan fingerprint density at radius 1 is 1.03 bits per heavy atom. The Balaban J connectivity index is 1.93. The second kappa shape index (κ2) is 8.12. The van der Waals surface area contributed by atoms with Crippen molar-refractivity contribution in [3.8, 4) is 39.7 Å². The normalized spacial score (nSPS) is 10.8. The van der Waals surface area contributed by atoms with Crippen LogP contribution in [0.2, 0.25) is 0 Å². The van der Waals surface area contributed by atoms with Crippen molar-refractivity contribution in [1.82, 2.24) is 9.97 Å². The summed E-state index contributed by atoms with van der Waals surface area (Å²) in [6.07, 6.45) is 0. The number of aryl methyl sites for hydroxylation is 1. The number of benzene rings is 3. The molecule has 4 aromatic rings. The van der Waals surface area contributed by atoms with Gasteiger partial charge in [0, 0.05) is 28.8 Å². The number of aromatic nitrogens is 2. The molecule has 0 spiro atoms. The standard InChI is InChI=1S/C23H18BrN3O3/c1-14-8-10-17(27(28)29)13-18(14)22-21(15-6-4-3-5-7-15)25-23(26-22)16-9-11-20(30-2)19(24)12-16/h3-13H,1-2H3,(H,25,26). The van der Waals surface area contributed by atoms with Crippen LogP contribution in [0, 0.1) is 17.0 Å². The van der Waals surface area contributed by atoms with Crippen molar-refractivity contribution < 1.29 is 9.66 Å². The highest BCUT2D eigenvalue weighted by atomic mass is 79.9. The van der Waals surface area contributed by atoms with E-state index in [9.17, 15) is 10.1 Å². The Bertz CT molecular complexity index is 1240. The number of nitro benzene ring substituents is 1. The van der Waals surface area contributed by atoms with Crippen LogP contribution in [0.3, 0.4) is 0 Å². The average Bonchev–Trinajstić information content (AvgIpc) is 3.19. The maximum Gasteiger partial charge on any atom is 0.270 e. The summed E-state index contributed by atoms with van der Waals surface area (Å²) in [6, 6.07) is 20.3. The molecule has 0 fully saturated rings. The minimum Gasteiger partial charge on any atom is -0.496 e. The first-order valence-electron chi connectivity index (χ1n) is 9.22. The van der Waals surface area contributed by atoms with E-state index in [0.717, 1.165) is 43.9 Å². The van der Waals surface area contributed by atoms with Gasteiger partial charge in [0.2, 0.25) is 0 Å². The highest BCUT2D eigenvalue weighted by molar-refractivity contribution is 9.10. The van der Waals surface area contributed by atoms with Crippen molar-refractivity contribution in [1.29, 1.82) is 0 Å². The predicted molar refractivity (Wildman–Crippen MR) is 121 cm³/mol. The van der Waals surface area contributed by atoms with E-state index in [-0.39, 0.29) is 10.6 Å². The second-order valence-corrected chi connectivity index (χ2v) is 7.64. The molecule has 0 unspecified atom stereocenters. The molecular formula is C23H18BrN3O3. The van der Waals surface area contributed by atoms with Gasteiger partial charge in [0.25, 0.3) is 5.69 Å². The van der Waals surface area contributed by atoms with E-state index in [1.807, 2.05) is 55.5 Å². The number of H-pyrrole nitrogens is 1. The summed E-state index contributed by atoms with van der Waals surface area (Å²) in [5, 5.41) is 11.3. The molecule has 1 aromatic heterocycles. The predicted octanol–water partition coefficient (Wildman–Crippen LogP) is 6.40. The number of non-ortho nitro benzene ring substituents is 1. The molecule has 0 bridgehead atoms. The van der Waals surface area contributed by atoms with E-state index >= 15 is 0 Å². The number of methoxy groups -OCH3 is 1. The number of rotatable bonds is 5. The van der Waals surface area contributed by atoms with Gasteiger partial charge in [-0.05, 0) is 46.6 Å². The average molecular weight is 464 g/mol. The molecule has 150 valence electrons. The number of aromatic amines is 1. The minimum absolute atomic E-state index is 0.0398. The lowest BCUT2D eigenvalue weighted by molar-refractivity contribution is -0.384. The van der Waals surface area contributed by atoms with E-state index in [2.05, 4.69) is 20.9 Å². The summed E-state index contributed by atoms with van der Waals surface area (Å²) in [4.78, 5) is 19.2. The lowest BCUT2D eigenvalue weighted by Crippen LogP contribution is -1.92. The fraction of sp³-hybridized carbons (Fsp3) is 0.0870. The number of nitrogens with one attached hydrogen (secondary N) is 1. The number of imidazole rings is 1. The highest BCUT2D eigenvalue weighted by Gasteiger charge is 2.19. The molecule has 7 heteroatoms. The number of hydrogen-bond acceptors (Lipinski definition) is 4. The van der Waals surface area contributed by atoms with Gasteiger partial charge in [-0.1, -0.05) is 36.4 Å². The van der Waals surface area contributed by atoms with Crippen LogP contribution in [0.25, 0.3) is 33.9 Å². The maximum atomic E-state index is 11.3. The van der Waals surface area contributed by atoms with Crippen LogP contribution in [0.1, 0.15) is 5.56 Å².